The zero-order chi connectivity index (χ0) is 8.72. The largest absolute Gasteiger partial charge is 0.139 e. The second kappa shape index (κ2) is 2.86. The molecule has 0 spiro atoms. The van der Waals surface area contributed by atoms with E-state index < -0.39 is 0 Å². The first-order valence-electron chi connectivity index (χ1n) is 3.84. The van der Waals surface area contributed by atoms with Crippen molar-refractivity contribution >= 4 is 37.4 Å². The highest BCUT2D eigenvalue weighted by molar-refractivity contribution is 9.10. The molecule has 2 aromatic rings. The Kier molecular flexibility index (Phi) is 1.97. The van der Waals surface area contributed by atoms with Crippen molar-refractivity contribution in [2.45, 2.75) is 13.8 Å². The van der Waals surface area contributed by atoms with E-state index in [1.165, 1.54) is 25.0 Å². The monoisotopic (exact) mass is 240 g/mol. The highest BCUT2D eigenvalue weighted by Crippen LogP contribution is 2.35. The van der Waals surface area contributed by atoms with Gasteiger partial charge in [0.05, 0.1) is 0 Å². The number of hydrogen-bond acceptors (Lipinski definition) is 1. The van der Waals surface area contributed by atoms with Crippen LogP contribution in [0.25, 0.3) is 10.1 Å². The van der Waals surface area contributed by atoms with Gasteiger partial charge < -0.3 is 0 Å². The summed E-state index contributed by atoms with van der Waals surface area (Å²) in [7, 11) is 0. The van der Waals surface area contributed by atoms with Crippen molar-refractivity contribution in [1.29, 1.82) is 0 Å². The normalized spacial score (nSPS) is 10.9. The first kappa shape index (κ1) is 8.27. The van der Waals surface area contributed by atoms with E-state index in [1.54, 1.807) is 0 Å². The summed E-state index contributed by atoms with van der Waals surface area (Å²) in [4.78, 5) is 1.36. The van der Waals surface area contributed by atoms with Crippen LogP contribution >= 0.6 is 27.3 Å². The van der Waals surface area contributed by atoms with Gasteiger partial charge in [0, 0.05) is 19.4 Å². The molecule has 0 aliphatic rings. The van der Waals surface area contributed by atoms with Gasteiger partial charge in [0.2, 0.25) is 0 Å². The summed E-state index contributed by atoms with van der Waals surface area (Å²) in [6.07, 6.45) is 0. The predicted octanol–water partition coefficient (Wildman–Crippen LogP) is 4.28. The Labute approximate surface area is 84.4 Å². The van der Waals surface area contributed by atoms with E-state index in [2.05, 4.69) is 48.0 Å². The molecule has 0 nitrogen and oxygen atoms in total. The number of benzene rings is 1. The Morgan fingerprint density at radius 2 is 2.00 bits per heavy atom. The molecule has 0 N–H and O–H groups in total. The van der Waals surface area contributed by atoms with Crippen LogP contribution in [0.1, 0.15) is 10.4 Å². The van der Waals surface area contributed by atoms with E-state index in [0.717, 1.165) is 0 Å². The minimum Gasteiger partial charge on any atom is -0.139 e. The van der Waals surface area contributed by atoms with Gasteiger partial charge in [0.25, 0.3) is 0 Å². The Hall–Kier alpha value is -0.340. The van der Waals surface area contributed by atoms with E-state index in [1.807, 2.05) is 11.3 Å². The minimum atomic E-state index is 1.26. The quantitative estimate of drug-likeness (QED) is 0.645. The molecule has 0 radical (unpaired) electrons. The van der Waals surface area contributed by atoms with E-state index in [0.29, 0.717) is 0 Å². The minimum absolute atomic E-state index is 1.26. The van der Waals surface area contributed by atoms with Crippen LogP contribution in [0.15, 0.2) is 22.7 Å². The molecule has 0 fully saturated rings. The molecule has 62 valence electrons. The number of fused-ring (bicyclic) bond motifs is 1. The number of hydrogen-bond donors (Lipinski definition) is 0. The summed E-state index contributed by atoms with van der Waals surface area (Å²) in [6.45, 7) is 4.27. The van der Waals surface area contributed by atoms with Gasteiger partial charge in [-0.25, -0.2) is 0 Å². The third-order valence-electron chi connectivity index (χ3n) is 1.94. The van der Waals surface area contributed by atoms with E-state index in [9.17, 15) is 0 Å². The zero-order valence-electron chi connectivity index (χ0n) is 7.02. The molecular formula is C10H9BrS. The molecule has 12 heavy (non-hydrogen) atoms. The average molecular weight is 241 g/mol. The molecule has 1 aromatic carbocycles. The van der Waals surface area contributed by atoms with Gasteiger partial charge in [-0.2, -0.15) is 0 Å². The maximum Gasteiger partial charge on any atom is 0.0390 e. The predicted molar refractivity (Wildman–Crippen MR) is 59.0 cm³/mol. The molecule has 1 aromatic heterocycles. The maximum atomic E-state index is 3.60. The topological polar surface area (TPSA) is 0 Å². The summed E-state index contributed by atoms with van der Waals surface area (Å²) in [5, 5.41) is 1.34. The van der Waals surface area contributed by atoms with Crippen LogP contribution in [0.5, 0.6) is 0 Å². The Balaban J connectivity index is 2.88. The number of aryl methyl sites for hydroxylation is 2. The van der Waals surface area contributed by atoms with Crippen molar-refractivity contribution in [1.82, 2.24) is 0 Å². The van der Waals surface area contributed by atoms with Gasteiger partial charge in [-0.15, -0.1) is 11.3 Å². The highest BCUT2D eigenvalue weighted by atomic mass is 79.9. The van der Waals surface area contributed by atoms with E-state index >= 15 is 0 Å². The summed E-state index contributed by atoms with van der Waals surface area (Å²) in [6, 6.07) is 6.57. The lowest BCUT2D eigenvalue weighted by molar-refractivity contribution is 1.51. The molecule has 0 amide bonds. The molecule has 1 heterocycles. The van der Waals surface area contributed by atoms with Crippen molar-refractivity contribution in [3.8, 4) is 0 Å². The standard InChI is InChI=1S/C10H9BrS/c1-6-3-4-9-8(5-6)10(11)7(2)12-9/h3-5H,1-2H3. The van der Waals surface area contributed by atoms with Gasteiger partial charge in [0.1, 0.15) is 0 Å². The molecule has 0 aliphatic carbocycles. The summed E-state index contributed by atoms with van der Waals surface area (Å²) >= 11 is 5.44. The number of thiophene rings is 1. The maximum absolute atomic E-state index is 3.60. The second-order valence-electron chi connectivity index (χ2n) is 2.97. The molecule has 0 bridgehead atoms. The third-order valence-corrected chi connectivity index (χ3v) is 4.31. The Morgan fingerprint density at radius 1 is 1.25 bits per heavy atom. The SMILES string of the molecule is Cc1ccc2sc(C)c(Br)c2c1. The van der Waals surface area contributed by atoms with Gasteiger partial charge in [-0.1, -0.05) is 11.6 Å². The first-order chi connectivity index (χ1) is 5.68. The molecule has 2 heteroatoms. The number of rotatable bonds is 0. The summed E-state index contributed by atoms with van der Waals surface area (Å²) in [5.41, 5.74) is 1.32. The van der Waals surface area contributed by atoms with Gasteiger partial charge in [-0.05, 0) is 41.9 Å². The van der Waals surface area contributed by atoms with Crippen LogP contribution in [0.3, 0.4) is 0 Å². The fraction of sp³-hybridized carbons (Fsp3) is 0.200. The second-order valence-corrected chi connectivity index (χ2v) is 5.02. The van der Waals surface area contributed by atoms with Gasteiger partial charge in [-0.3, -0.25) is 0 Å². The van der Waals surface area contributed by atoms with Gasteiger partial charge in [0.15, 0.2) is 0 Å². The van der Waals surface area contributed by atoms with E-state index in [4.69, 9.17) is 0 Å². The Bertz CT molecular complexity index is 429. The van der Waals surface area contributed by atoms with Crippen LogP contribution in [-0.4, -0.2) is 0 Å². The molecule has 0 unspecified atom stereocenters. The lowest BCUT2D eigenvalue weighted by atomic mass is 10.2. The fourth-order valence-corrected chi connectivity index (χ4v) is 2.94. The van der Waals surface area contributed by atoms with Crippen LogP contribution in [0, 0.1) is 13.8 Å². The van der Waals surface area contributed by atoms with Crippen molar-refractivity contribution in [3.05, 3.63) is 33.1 Å². The Morgan fingerprint density at radius 3 is 2.75 bits per heavy atom. The molecule has 0 aliphatic heterocycles. The molecular weight excluding hydrogens is 232 g/mol. The first-order valence-corrected chi connectivity index (χ1v) is 5.44. The van der Waals surface area contributed by atoms with Crippen LogP contribution in [-0.2, 0) is 0 Å². The van der Waals surface area contributed by atoms with Crippen LogP contribution in [0.4, 0.5) is 0 Å². The lowest BCUT2D eigenvalue weighted by Crippen LogP contribution is -1.69. The summed E-state index contributed by atoms with van der Waals surface area (Å²) in [5.74, 6) is 0. The van der Waals surface area contributed by atoms with Crippen molar-refractivity contribution < 1.29 is 0 Å². The average Bonchev–Trinajstić information content (AvgIpc) is 2.31. The van der Waals surface area contributed by atoms with Crippen LogP contribution in [0.2, 0.25) is 0 Å². The van der Waals surface area contributed by atoms with Crippen molar-refractivity contribution in [2.24, 2.45) is 0 Å². The molecule has 0 atom stereocenters. The van der Waals surface area contributed by atoms with E-state index in [-0.39, 0.29) is 0 Å². The molecule has 2 rings (SSSR count). The highest BCUT2D eigenvalue weighted by Gasteiger charge is 2.04. The lowest BCUT2D eigenvalue weighted by Gasteiger charge is -1.92. The number of halogens is 1. The smallest absolute Gasteiger partial charge is 0.0390 e. The van der Waals surface area contributed by atoms with Crippen LogP contribution < -0.4 is 0 Å². The fourth-order valence-electron chi connectivity index (χ4n) is 1.30. The molecule has 0 saturated carbocycles. The zero-order valence-corrected chi connectivity index (χ0v) is 9.42. The molecule has 0 saturated heterocycles. The summed E-state index contributed by atoms with van der Waals surface area (Å²) < 4.78 is 2.62. The van der Waals surface area contributed by atoms with Gasteiger partial charge >= 0.3 is 0 Å². The van der Waals surface area contributed by atoms with Crippen molar-refractivity contribution in [3.63, 3.8) is 0 Å². The van der Waals surface area contributed by atoms with Crippen molar-refractivity contribution in [2.75, 3.05) is 0 Å². The third kappa shape index (κ3) is 1.19.